The third-order valence-corrected chi connectivity index (χ3v) is 3.35. The van der Waals surface area contributed by atoms with Gasteiger partial charge in [-0.25, -0.2) is 0 Å². The molecule has 1 atom stereocenters. The number of aryl methyl sites for hydroxylation is 1. The van der Waals surface area contributed by atoms with Gasteiger partial charge < -0.3 is 4.74 Å². The van der Waals surface area contributed by atoms with E-state index < -0.39 is 0 Å². The number of para-hydroxylation sites is 1. The Morgan fingerprint density at radius 2 is 1.63 bits per heavy atom. The van der Waals surface area contributed by atoms with Gasteiger partial charge in [0.1, 0.15) is 11.9 Å². The van der Waals surface area contributed by atoms with Crippen LogP contribution >= 0.6 is 0 Å². The quantitative estimate of drug-likeness (QED) is 0.679. The van der Waals surface area contributed by atoms with Crippen molar-refractivity contribution in [3.8, 4) is 5.75 Å². The summed E-state index contributed by atoms with van der Waals surface area (Å²) in [6.45, 7) is 4.31. The zero-order valence-corrected chi connectivity index (χ0v) is 11.8. The summed E-state index contributed by atoms with van der Waals surface area (Å²) in [7, 11) is 0. The summed E-state index contributed by atoms with van der Waals surface area (Å²) in [5.41, 5.74) is 2.46. The van der Waals surface area contributed by atoms with Crippen molar-refractivity contribution in [2.75, 3.05) is 0 Å². The van der Waals surface area contributed by atoms with Gasteiger partial charge in [-0.1, -0.05) is 61.9 Å². The standard InChI is InChI=1S/C18H22O/c1-3-4-13-18(16-11-6-5-7-12-16)19-17-14-9-8-10-15(17)2/h5-12,14,18H,3-4,13H2,1-2H3. The van der Waals surface area contributed by atoms with Crippen molar-refractivity contribution >= 4 is 0 Å². The number of unbranched alkanes of at least 4 members (excludes halogenated alkanes) is 1. The molecular formula is C18H22O. The first-order valence-corrected chi connectivity index (χ1v) is 7.08. The average Bonchev–Trinajstić information content (AvgIpc) is 2.46. The van der Waals surface area contributed by atoms with Crippen molar-refractivity contribution in [2.45, 2.75) is 39.2 Å². The maximum atomic E-state index is 6.23. The zero-order chi connectivity index (χ0) is 13.5. The lowest BCUT2D eigenvalue weighted by molar-refractivity contribution is 0.190. The Hall–Kier alpha value is -1.76. The second-order valence-electron chi connectivity index (χ2n) is 4.92. The SMILES string of the molecule is CCCCC(Oc1ccccc1C)c1ccccc1. The number of benzene rings is 2. The molecule has 1 nitrogen and oxygen atoms in total. The van der Waals surface area contributed by atoms with Gasteiger partial charge in [-0.05, 0) is 37.0 Å². The highest BCUT2D eigenvalue weighted by atomic mass is 16.5. The third-order valence-electron chi connectivity index (χ3n) is 3.35. The van der Waals surface area contributed by atoms with E-state index in [9.17, 15) is 0 Å². The van der Waals surface area contributed by atoms with E-state index in [4.69, 9.17) is 4.74 Å². The van der Waals surface area contributed by atoms with Gasteiger partial charge in [0.25, 0.3) is 0 Å². The molecule has 0 aliphatic carbocycles. The van der Waals surface area contributed by atoms with Gasteiger partial charge in [0.15, 0.2) is 0 Å². The smallest absolute Gasteiger partial charge is 0.124 e. The average molecular weight is 254 g/mol. The fourth-order valence-corrected chi connectivity index (χ4v) is 2.19. The van der Waals surface area contributed by atoms with Crippen LogP contribution in [0.5, 0.6) is 5.75 Å². The molecule has 0 bridgehead atoms. The molecule has 1 heteroatoms. The molecule has 0 N–H and O–H groups in total. The minimum absolute atomic E-state index is 0.155. The summed E-state index contributed by atoms with van der Waals surface area (Å²) in [4.78, 5) is 0. The Labute approximate surface area is 116 Å². The van der Waals surface area contributed by atoms with Crippen molar-refractivity contribution in [3.63, 3.8) is 0 Å². The Bertz CT molecular complexity index is 490. The molecule has 0 amide bonds. The van der Waals surface area contributed by atoms with Crippen LogP contribution < -0.4 is 4.74 Å². The number of hydrogen-bond donors (Lipinski definition) is 0. The molecule has 1 unspecified atom stereocenters. The van der Waals surface area contributed by atoms with E-state index >= 15 is 0 Å². The van der Waals surface area contributed by atoms with Crippen molar-refractivity contribution < 1.29 is 4.74 Å². The molecule has 0 saturated heterocycles. The Balaban J connectivity index is 2.17. The highest BCUT2D eigenvalue weighted by Crippen LogP contribution is 2.28. The summed E-state index contributed by atoms with van der Waals surface area (Å²) in [6, 6.07) is 18.7. The van der Waals surface area contributed by atoms with Crippen LogP contribution in [0.3, 0.4) is 0 Å². The van der Waals surface area contributed by atoms with Gasteiger partial charge >= 0.3 is 0 Å². The molecule has 0 spiro atoms. The molecule has 2 aromatic carbocycles. The molecule has 0 radical (unpaired) electrons. The van der Waals surface area contributed by atoms with Crippen LogP contribution in [0.1, 0.15) is 43.4 Å². The fourth-order valence-electron chi connectivity index (χ4n) is 2.19. The lowest BCUT2D eigenvalue weighted by Gasteiger charge is -2.20. The normalized spacial score (nSPS) is 12.1. The van der Waals surface area contributed by atoms with Gasteiger partial charge in [0, 0.05) is 0 Å². The van der Waals surface area contributed by atoms with Gasteiger partial charge in [-0.3, -0.25) is 0 Å². The Kier molecular flexibility index (Phi) is 5.02. The van der Waals surface area contributed by atoms with Crippen LogP contribution in [0.4, 0.5) is 0 Å². The Morgan fingerprint density at radius 3 is 2.32 bits per heavy atom. The second kappa shape index (κ2) is 6.98. The van der Waals surface area contributed by atoms with E-state index in [-0.39, 0.29) is 6.10 Å². The van der Waals surface area contributed by atoms with Crippen molar-refractivity contribution in [1.82, 2.24) is 0 Å². The van der Waals surface area contributed by atoms with Crippen molar-refractivity contribution in [3.05, 3.63) is 65.7 Å². The summed E-state index contributed by atoms with van der Waals surface area (Å²) < 4.78 is 6.23. The Morgan fingerprint density at radius 1 is 0.947 bits per heavy atom. The van der Waals surface area contributed by atoms with E-state index in [0.717, 1.165) is 12.2 Å². The van der Waals surface area contributed by atoms with Crippen molar-refractivity contribution in [1.29, 1.82) is 0 Å². The monoisotopic (exact) mass is 254 g/mol. The second-order valence-corrected chi connectivity index (χ2v) is 4.92. The molecule has 2 aromatic rings. The van der Waals surface area contributed by atoms with Gasteiger partial charge in [-0.15, -0.1) is 0 Å². The van der Waals surface area contributed by atoms with E-state index in [1.807, 2.05) is 18.2 Å². The fraction of sp³-hybridized carbons (Fsp3) is 0.333. The van der Waals surface area contributed by atoms with E-state index in [1.54, 1.807) is 0 Å². The minimum atomic E-state index is 0.155. The summed E-state index contributed by atoms with van der Waals surface area (Å²) in [5, 5.41) is 0. The predicted molar refractivity (Wildman–Crippen MR) is 80.5 cm³/mol. The molecule has 0 saturated carbocycles. The molecule has 0 aliphatic rings. The predicted octanol–water partition coefficient (Wildman–Crippen LogP) is 5.31. The van der Waals surface area contributed by atoms with E-state index in [1.165, 1.54) is 24.0 Å². The number of hydrogen-bond acceptors (Lipinski definition) is 1. The highest BCUT2D eigenvalue weighted by Gasteiger charge is 2.13. The van der Waals surface area contributed by atoms with Crippen LogP contribution in [-0.4, -0.2) is 0 Å². The maximum absolute atomic E-state index is 6.23. The van der Waals surface area contributed by atoms with Crippen LogP contribution in [-0.2, 0) is 0 Å². The van der Waals surface area contributed by atoms with Gasteiger partial charge in [0.05, 0.1) is 0 Å². The molecule has 0 aromatic heterocycles. The lowest BCUT2D eigenvalue weighted by Crippen LogP contribution is -2.08. The summed E-state index contributed by atoms with van der Waals surface area (Å²) in [6.07, 6.45) is 3.60. The minimum Gasteiger partial charge on any atom is -0.485 e. The van der Waals surface area contributed by atoms with Crippen LogP contribution in [0.2, 0.25) is 0 Å². The van der Waals surface area contributed by atoms with Crippen LogP contribution in [0.15, 0.2) is 54.6 Å². The maximum Gasteiger partial charge on any atom is 0.124 e. The highest BCUT2D eigenvalue weighted by molar-refractivity contribution is 5.32. The van der Waals surface area contributed by atoms with Crippen LogP contribution in [0.25, 0.3) is 0 Å². The molecule has 100 valence electrons. The summed E-state index contributed by atoms with van der Waals surface area (Å²) in [5.74, 6) is 0.993. The largest absolute Gasteiger partial charge is 0.485 e. The van der Waals surface area contributed by atoms with E-state index in [2.05, 4.69) is 50.2 Å². The summed E-state index contributed by atoms with van der Waals surface area (Å²) >= 11 is 0. The third kappa shape index (κ3) is 3.85. The van der Waals surface area contributed by atoms with Gasteiger partial charge in [-0.2, -0.15) is 0 Å². The first-order chi connectivity index (χ1) is 9.31. The first kappa shape index (κ1) is 13.7. The van der Waals surface area contributed by atoms with E-state index in [0.29, 0.717) is 0 Å². The molecule has 0 aliphatic heterocycles. The first-order valence-electron chi connectivity index (χ1n) is 7.08. The van der Waals surface area contributed by atoms with Crippen molar-refractivity contribution in [2.24, 2.45) is 0 Å². The molecule has 2 rings (SSSR count). The van der Waals surface area contributed by atoms with Crippen LogP contribution in [0, 0.1) is 6.92 Å². The lowest BCUT2D eigenvalue weighted by atomic mass is 10.0. The number of ether oxygens (including phenoxy) is 1. The molecule has 0 heterocycles. The number of rotatable bonds is 6. The topological polar surface area (TPSA) is 9.23 Å². The zero-order valence-electron chi connectivity index (χ0n) is 11.8. The van der Waals surface area contributed by atoms with Gasteiger partial charge in [0.2, 0.25) is 0 Å². The molecular weight excluding hydrogens is 232 g/mol. The molecule has 19 heavy (non-hydrogen) atoms. The molecule has 0 fully saturated rings.